The van der Waals surface area contributed by atoms with Crippen LogP contribution in [0.15, 0.2) is 18.2 Å². The van der Waals surface area contributed by atoms with Crippen molar-refractivity contribution in [1.82, 2.24) is 4.90 Å². The van der Waals surface area contributed by atoms with Gasteiger partial charge in [0.15, 0.2) is 0 Å². The summed E-state index contributed by atoms with van der Waals surface area (Å²) in [5, 5.41) is 9.23. The third-order valence-electron chi connectivity index (χ3n) is 3.79. The molecule has 0 aliphatic carbocycles. The fourth-order valence-electron chi connectivity index (χ4n) is 2.53. The first-order valence-electron chi connectivity index (χ1n) is 7.00. The highest BCUT2D eigenvalue weighted by atomic mass is 16.5. The van der Waals surface area contributed by atoms with Gasteiger partial charge in [0.25, 0.3) is 0 Å². The normalized spacial score (nSPS) is 23.8. The molecule has 5 nitrogen and oxygen atoms in total. The van der Waals surface area contributed by atoms with E-state index in [1.165, 1.54) is 5.56 Å². The van der Waals surface area contributed by atoms with Crippen LogP contribution in [0.3, 0.4) is 0 Å². The van der Waals surface area contributed by atoms with E-state index in [1.807, 2.05) is 6.07 Å². The maximum atomic E-state index is 9.23. The Morgan fingerprint density at radius 3 is 2.95 bits per heavy atom. The van der Waals surface area contributed by atoms with Gasteiger partial charge >= 0.3 is 0 Å². The first-order valence-corrected chi connectivity index (χ1v) is 7.00. The number of nitrogens with two attached hydrogens (primary N) is 1. The molecule has 0 saturated carbocycles. The number of ether oxygens (including phenoxy) is 2. The van der Waals surface area contributed by atoms with Crippen molar-refractivity contribution in [2.24, 2.45) is 5.73 Å². The molecule has 1 heterocycles. The molecule has 0 bridgehead atoms. The standard InChI is InChI=1S/C15H24N2O3/c1-11-10-20-14(9-18)8-17(11)7-12-3-4-15(19-2)13(5-12)6-16/h3-5,11,14,18H,6-10,16H2,1-2H3. The Kier molecular flexibility index (Phi) is 5.37. The molecule has 20 heavy (non-hydrogen) atoms. The van der Waals surface area contributed by atoms with Crippen molar-refractivity contribution in [1.29, 1.82) is 0 Å². The van der Waals surface area contributed by atoms with Crippen LogP contribution in [0.5, 0.6) is 5.75 Å². The number of benzene rings is 1. The topological polar surface area (TPSA) is 68.0 Å². The summed E-state index contributed by atoms with van der Waals surface area (Å²) in [6.07, 6.45) is -0.0848. The molecule has 2 unspecified atom stereocenters. The highest BCUT2D eigenvalue weighted by Gasteiger charge is 2.25. The monoisotopic (exact) mass is 280 g/mol. The van der Waals surface area contributed by atoms with Gasteiger partial charge < -0.3 is 20.3 Å². The molecule has 0 spiro atoms. The third-order valence-corrected chi connectivity index (χ3v) is 3.79. The van der Waals surface area contributed by atoms with Crippen molar-refractivity contribution < 1.29 is 14.6 Å². The fourth-order valence-corrected chi connectivity index (χ4v) is 2.53. The molecule has 1 aliphatic rings. The minimum atomic E-state index is -0.0848. The Bertz CT molecular complexity index is 439. The Balaban J connectivity index is 2.08. The predicted molar refractivity (Wildman–Crippen MR) is 77.6 cm³/mol. The lowest BCUT2D eigenvalue weighted by molar-refractivity contribution is -0.0805. The number of rotatable bonds is 5. The summed E-state index contributed by atoms with van der Waals surface area (Å²) in [4.78, 5) is 2.33. The molecule has 5 heteroatoms. The van der Waals surface area contributed by atoms with Gasteiger partial charge in [-0.3, -0.25) is 4.90 Å². The number of nitrogens with zero attached hydrogens (tertiary/aromatic N) is 1. The van der Waals surface area contributed by atoms with Gasteiger partial charge in [0, 0.05) is 31.2 Å². The lowest BCUT2D eigenvalue weighted by Crippen LogP contribution is -2.48. The molecule has 0 amide bonds. The van der Waals surface area contributed by atoms with Crippen LogP contribution >= 0.6 is 0 Å². The van der Waals surface area contributed by atoms with Gasteiger partial charge in [0.2, 0.25) is 0 Å². The van der Waals surface area contributed by atoms with E-state index in [2.05, 4.69) is 24.0 Å². The summed E-state index contributed by atoms with van der Waals surface area (Å²) in [6, 6.07) is 6.47. The van der Waals surface area contributed by atoms with Crippen molar-refractivity contribution in [3.63, 3.8) is 0 Å². The quantitative estimate of drug-likeness (QED) is 0.832. The summed E-state index contributed by atoms with van der Waals surface area (Å²) < 4.78 is 10.8. The van der Waals surface area contributed by atoms with Crippen LogP contribution in [0.2, 0.25) is 0 Å². The van der Waals surface area contributed by atoms with Gasteiger partial charge in [0.05, 0.1) is 26.4 Å². The summed E-state index contributed by atoms with van der Waals surface area (Å²) in [5.41, 5.74) is 7.98. The second-order valence-corrected chi connectivity index (χ2v) is 5.27. The summed E-state index contributed by atoms with van der Waals surface area (Å²) >= 11 is 0. The van der Waals surface area contributed by atoms with Crippen molar-refractivity contribution >= 4 is 0 Å². The molecule has 2 atom stereocenters. The van der Waals surface area contributed by atoms with E-state index in [0.29, 0.717) is 19.2 Å². The average Bonchev–Trinajstić information content (AvgIpc) is 2.49. The number of hydrogen-bond acceptors (Lipinski definition) is 5. The van der Waals surface area contributed by atoms with Crippen LogP contribution in [-0.4, -0.2) is 49.0 Å². The van der Waals surface area contributed by atoms with Gasteiger partial charge in [0.1, 0.15) is 5.75 Å². The van der Waals surface area contributed by atoms with Crippen LogP contribution in [0.4, 0.5) is 0 Å². The Morgan fingerprint density at radius 2 is 2.30 bits per heavy atom. The Labute approximate surface area is 120 Å². The van der Waals surface area contributed by atoms with Crippen molar-refractivity contribution in [3.05, 3.63) is 29.3 Å². The number of aliphatic hydroxyl groups is 1. The second kappa shape index (κ2) is 7.04. The molecule has 112 valence electrons. The molecule has 3 N–H and O–H groups in total. The average molecular weight is 280 g/mol. The zero-order valence-corrected chi connectivity index (χ0v) is 12.2. The summed E-state index contributed by atoms with van der Waals surface area (Å²) in [6.45, 7) is 4.92. The molecule has 0 aromatic heterocycles. The fraction of sp³-hybridized carbons (Fsp3) is 0.600. The van der Waals surface area contributed by atoms with Crippen LogP contribution in [-0.2, 0) is 17.8 Å². The van der Waals surface area contributed by atoms with Gasteiger partial charge in [-0.25, -0.2) is 0 Å². The lowest BCUT2D eigenvalue weighted by Gasteiger charge is -2.37. The van der Waals surface area contributed by atoms with Crippen molar-refractivity contribution in [2.45, 2.75) is 32.2 Å². The van der Waals surface area contributed by atoms with E-state index in [1.54, 1.807) is 7.11 Å². The second-order valence-electron chi connectivity index (χ2n) is 5.27. The van der Waals surface area contributed by atoms with E-state index >= 15 is 0 Å². The molecule has 1 fully saturated rings. The number of morpholine rings is 1. The first-order chi connectivity index (χ1) is 9.67. The molecule has 1 aromatic carbocycles. The molecule has 0 radical (unpaired) electrons. The van der Waals surface area contributed by atoms with Crippen LogP contribution < -0.4 is 10.5 Å². The SMILES string of the molecule is COc1ccc(CN2CC(CO)OCC2C)cc1CN. The zero-order chi connectivity index (χ0) is 14.5. The largest absolute Gasteiger partial charge is 0.496 e. The smallest absolute Gasteiger partial charge is 0.123 e. The van der Waals surface area contributed by atoms with Gasteiger partial charge in [-0.15, -0.1) is 0 Å². The number of hydrogen-bond donors (Lipinski definition) is 2. The van der Waals surface area contributed by atoms with Gasteiger partial charge in [-0.05, 0) is 24.6 Å². The Hall–Kier alpha value is -1.14. The summed E-state index contributed by atoms with van der Waals surface area (Å²) in [5.74, 6) is 0.833. The van der Waals surface area contributed by atoms with Crippen LogP contribution in [0, 0.1) is 0 Å². The van der Waals surface area contributed by atoms with E-state index < -0.39 is 0 Å². The minimum absolute atomic E-state index is 0.0693. The first kappa shape index (κ1) is 15.3. The molecule has 1 saturated heterocycles. The van der Waals surface area contributed by atoms with E-state index in [0.717, 1.165) is 24.4 Å². The van der Waals surface area contributed by atoms with Gasteiger partial charge in [-0.2, -0.15) is 0 Å². The predicted octanol–water partition coefficient (Wildman–Crippen LogP) is 0.735. The summed E-state index contributed by atoms with van der Waals surface area (Å²) in [7, 11) is 1.66. The van der Waals surface area contributed by atoms with Crippen LogP contribution in [0.1, 0.15) is 18.1 Å². The number of methoxy groups -OCH3 is 1. The molecule has 1 aromatic rings. The third kappa shape index (κ3) is 3.49. The van der Waals surface area contributed by atoms with E-state index in [4.69, 9.17) is 15.2 Å². The number of aliphatic hydroxyl groups excluding tert-OH is 1. The van der Waals surface area contributed by atoms with Crippen molar-refractivity contribution in [3.8, 4) is 5.75 Å². The van der Waals surface area contributed by atoms with Crippen molar-refractivity contribution in [2.75, 3.05) is 26.9 Å². The maximum Gasteiger partial charge on any atom is 0.123 e. The van der Waals surface area contributed by atoms with E-state index in [-0.39, 0.29) is 12.7 Å². The minimum Gasteiger partial charge on any atom is -0.496 e. The molecule has 1 aliphatic heterocycles. The van der Waals surface area contributed by atoms with Gasteiger partial charge in [-0.1, -0.05) is 6.07 Å². The van der Waals surface area contributed by atoms with E-state index in [9.17, 15) is 5.11 Å². The van der Waals surface area contributed by atoms with Crippen LogP contribution in [0.25, 0.3) is 0 Å². The Morgan fingerprint density at radius 1 is 1.50 bits per heavy atom. The highest BCUT2D eigenvalue weighted by molar-refractivity contribution is 5.37. The highest BCUT2D eigenvalue weighted by Crippen LogP contribution is 2.22. The molecular formula is C15H24N2O3. The maximum absolute atomic E-state index is 9.23. The lowest BCUT2D eigenvalue weighted by atomic mass is 10.1. The molecule has 2 rings (SSSR count). The molecular weight excluding hydrogens is 256 g/mol. The zero-order valence-electron chi connectivity index (χ0n) is 12.2.